The molecule has 0 fully saturated rings. The lowest BCUT2D eigenvalue weighted by Gasteiger charge is -2.17. The summed E-state index contributed by atoms with van der Waals surface area (Å²) >= 11 is 1.85. The van der Waals surface area contributed by atoms with Crippen molar-refractivity contribution >= 4 is 17.4 Å². The highest BCUT2D eigenvalue weighted by molar-refractivity contribution is 7.98. The van der Waals surface area contributed by atoms with Gasteiger partial charge in [-0.1, -0.05) is 12.1 Å². The van der Waals surface area contributed by atoms with Gasteiger partial charge in [0.05, 0.1) is 6.61 Å². The summed E-state index contributed by atoms with van der Waals surface area (Å²) in [5.74, 6) is 1.16. The fourth-order valence-corrected chi connectivity index (χ4v) is 2.11. The van der Waals surface area contributed by atoms with Gasteiger partial charge in [-0.05, 0) is 49.5 Å². The molecule has 3 heteroatoms. The maximum Gasteiger partial charge on any atom is 0.0632 e. The second kappa shape index (κ2) is 7.58. The maximum absolute atomic E-state index is 9.29. The number of rotatable bonds is 7. The number of thioether (sulfide) groups is 1. The summed E-state index contributed by atoms with van der Waals surface area (Å²) in [6.45, 7) is 2.27. The number of anilines is 1. The van der Waals surface area contributed by atoms with Crippen LogP contribution in [0.1, 0.15) is 18.4 Å². The third-order valence-electron chi connectivity index (χ3n) is 2.51. The molecular formula is C13H21NOS. The van der Waals surface area contributed by atoms with Crippen LogP contribution in [0.5, 0.6) is 0 Å². The maximum atomic E-state index is 9.29. The van der Waals surface area contributed by atoms with Crippen LogP contribution in [0.2, 0.25) is 0 Å². The molecule has 2 N–H and O–H groups in total. The molecule has 1 aromatic rings. The Kier molecular flexibility index (Phi) is 6.34. The number of hydrogen-bond acceptors (Lipinski definition) is 3. The van der Waals surface area contributed by atoms with Gasteiger partial charge in [0, 0.05) is 11.7 Å². The first kappa shape index (κ1) is 13.4. The molecule has 2 nitrogen and oxygen atoms in total. The van der Waals surface area contributed by atoms with E-state index in [0.29, 0.717) is 0 Å². The number of hydrogen-bond donors (Lipinski definition) is 2. The first-order chi connectivity index (χ1) is 7.76. The monoisotopic (exact) mass is 239 g/mol. The van der Waals surface area contributed by atoms with Crippen LogP contribution in [0, 0.1) is 6.92 Å². The zero-order chi connectivity index (χ0) is 11.8. The fourth-order valence-electron chi connectivity index (χ4n) is 1.65. The average Bonchev–Trinajstić information content (AvgIpc) is 2.28. The second-order valence-corrected chi connectivity index (χ2v) is 5.01. The third-order valence-corrected chi connectivity index (χ3v) is 3.21. The largest absolute Gasteiger partial charge is 0.394 e. The molecular weight excluding hydrogens is 218 g/mol. The first-order valence-corrected chi connectivity index (χ1v) is 7.08. The molecule has 1 rings (SSSR count). The Hall–Kier alpha value is -0.670. The van der Waals surface area contributed by atoms with Crippen molar-refractivity contribution in [2.24, 2.45) is 0 Å². The van der Waals surface area contributed by atoms with E-state index in [1.54, 1.807) is 0 Å². The SMILES string of the molecule is CSCCCC(CO)Nc1cccc(C)c1. The minimum Gasteiger partial charge on any atom is -0.394 e. The van der Waals surface area contributed by atoms with Crippen LogP contribution in [-0.4, -0.2) is 29.8 Å². The molecule has 0 bridgehead atoms. The van der Waals surface area contributed by atoms with Crippen LogP contribution in [-0.2, 0) is 0 Å². The van der Waals surface area contributed by atoms with Gasteiger partial charge in [-0.25, -0.2) is 0 Å². The van der Waals surface area contributed by atoms with Crippen LogP contribution < -0.4 is 5.32 Å². The van der Waals surface area contributed by atoms with E-state index in [2.05, 4.69) is 30.6 Å². The predicted octanol–water partition coefficient (Wildman–Crippen LogP) is 2.91. The van der Waals surface area contributed by atoms with Crippen LogP contribution in [0.25, 0.3) is 0 Å². The molecule has 1 aromatic carbocycles. The number of aryl methyl sites for hydroxylation is 1. The Morgan fingerprint density at radius 2 is 2.25 bits per heavy atom. The van der Waals surface area contributed by atoms with E-state index in [0.717, 1.165) is 24.3 Å². The van der Waals surface area contributed by atoms with Crippen molar-refractivity contribution in [3.63, 3.8) is 0 Å². The molecule has 0 spiro atoms. The predicted molar refractivity (Wildman–Crippen MR) is 73.3 cm³/mol. The van der Waals surface area contributed by atoms with Gasteiger partial charge >= 0.3 is 0 Å². The average molecular weight is 239 g/mol. The molecule has 0 amide bonds. The van der Waals surface area contributed by atoms with E-state index in [4.69, 9.17) is 0 Å². The smallest absolute Gasteiger partial charge is 0.0632 e. The summed E-state index contributed by atoms with van der Waals surface area (Å²) in [5, 5.41) is 12.7. The minimum absolute atomic E-state index is 0.175. The van der Waals surface area contributed by atoms with Crippen molar-refractivity contribution in [2.75, 3.05) is 23.9 Å². The van der Waals surface area contributed by atoms with E-state index in [-0.39, 0.29) is 12.6 Å². The number of aliphatic hydroxyl groups excluding tert-OH is 1. The lowest BCUT2D eigenvalue weighted by Crippen LogP contribution is -2.23. The molecule has 0 radical (unpaired) electrons. The molecule has 0 saturated carbocycles. The highest BCUT2D eigenvalue weighted by atomic mass is 32.2. The fraction of sp³-hybridized carbons (Fsp3) is 0.538. The van der Waals surface area contributed by atoms with Crippen molar-refractivity contribution in [2.45, 2.75) is 25.8 Å². The molecule has 0 aliphatic carbocycles. The highest BCUT2D eigenvalue weighted by Crippen LogP contribution is 2.13. The molecule has 0 saturated heterocycles. The van der Waals surface area contributed by atoms with Gasteiger partial charge < -0.3 is 10.4 Å². The lowest BCUT2D eigenvalue weighted by molar-refractivity contribution is 0.268. The Bertz CT molecular complexity index is 304. The van der Waals surface area contributed by atoms with Crippen molar-refractivity contribution in [1.82, 2.24) is 0 Å². The van der Waals surface area contributed by atoms with Gasteiger partial charge in [-0.3, -0.25) is 0 Å². The normalized spacial score (nSPS) is 12.4. The molecule has 90 valence electrons. The number of aliphatic hydroxyl groups is 1. The highest BCUT2D eigenvalue weighted by Gasteiger charge is 2.06. The van der Waals surface area contributed by atoms with Gasteiger partial charge in [0.25, 0.3) is 0 Å². The summed E-state index contributed by atoms with van der Waals surface area (Å²) in [5.41, 5.74) is 2.34. The van der Waals surface area contributed by atoms with Crippen LogP contribution >= 0.6 is 11.8 Å². The van der Waals surface area contributed by atoms with Gasteiger partial charge in [-0.15, -0.1) is 0 Å². The van der Waals surface area contributed by atoms with Gasteiger partial charge in [0.1, 0.15) is 0 Å². The summed E-state index contributed by atoms with van der Waals surface area (Å²) in [6.07, 6.45) is 4.28. The van der Waals surface area contributed by atoms with Crippen molar-refractivity contribution < 1.29 is 5.11 Å². The summed E-state index contributed by atoms with van der Waals surface area (Å²) in [7, 11) is 0. The van der Waals surface area contributed by atoms with E-state index in [1.807, 2.05) is 23.9 Å². The third kappa shape index (κ3) is 4.90. The molecule has 1 atom stereocenters. The van der Waals surface area contributed by atoms with Crippen LogP contribution in [0.15, 0.2) is 24.3 Å². The van der Waals surface area contributed by atoms with Crippen molar-refractivity contribution in [3.05, 3.63) is 29.8 Å². The Morgan fingerprint density at radius 1 is 1.44 bits per heavy atom. The second-order valence-electron chi connectivity index (χ2n) is 4.03. The Morgan fingerprint density at radius 3 is 2.88 bits per heavy atom. The zero-order valence-corrected chi connectivity index (χ0v) is 10.9. The van der Waals surface area contributed by atoms with Crippen LogP contribution in [0.4, 0.5) is 5.69 Å². The van der Waals surface area contributed by atoms with Gasteiger partial charge in [0.15, 0.2) is 0 Å². The lowest BCUT2D eigenvalue weighted by atomic mass is 10.1. The van der Waals surface area contributed by atoms with Crippen LogP contribution in [0.3, 0.4) is 0 Å². The minimum atomic E-state index is 0.175. The van der Waals surface area contributed by atoms with E-state index >= 15 is 0 Å². The molecule has 0 aliphatic rings. The van der Waals surface area contributed by atoms with E-state index in [1.165, 1.54) is 5.56 Å². The molecule has 0 aliphatic heterocycles. The molecule has 0 aromatic heterocycles. The summed E-state index contributed by atoms with van der Waals surface area (Å²) in [6, 6.07) is 8.44. The number of benzene rings is 1. The summed E-state index contributed by atoms with van der Waals surface area (Å²) < 4.78 is 0. The summed E-state index contributed by atoms with van der Waals surface area (Å²) in [4.78, 5) is 0. The van der Waals surface area contributed by atoms with E-state index in [9.17, 15) is 5.11 Å². The molecule has 16 heavy (non-hydrogen) atoms. The van der Waals surface area contributed by atoms with Crippen molar-refractivity contribution in [1.29, 1.82) is 0 Å². The molecule has 1 unspecified atom stereocenters. The quantitative estimate of drug-likeness (QED) is 0.718. The Labute approximate surface area is 102 Å². The number of nitrogens with one attached hydrogen (secondary N) is 1. The Balaban J connectivity index is 2.43. The first-order valence-electron chi connectivity index (χ1n) is 5.69. The van der Waals surface area contributed by atoms with Crippen molar-refractivity contribution in [3.8, 4) is 0 Å². The molecule has 0 heterocycles. The zero-order valence-electron chi connectivity index (χ0n) is 10.1. The van der Waals surface area contributed by atoms with Gasteiger partial charge in [-0.2, -0.15) is 11.8 Å². The standard InChI is InChI=1S/C13H21NOS/c1-11-5-3-6-12(9-11)14-13(10-15)7-4-8-16-2/h3,5-6,9,13-15H,4,7-8,10H2,1-2H3. The van der Waals surface area contributed by atoms with Gasteiger partial charge in [0.2, 0.25) is 0 Å². The topological polar surface area (TPSA) is 32.3 Å². The van der Waals surface area contributed by atoms with E-state index < -0.39 is 0 Å².